The van der Waals surface area contributed by atoms with E-state index in [1.165, 1.54) is 5.56 Å². The highest BCUT2D eigenvalue weighted by atomic mass is 16.3. The standard InChI is InChI=1S/C18H27N3O2/c22-13-12-21(17-6-7-17)15-18(23)20-10-8-19(9-11-20)14-16-4-2-1-3-5-16/h1-5,17,22H,6-15H2. The second-order valence-electron chi connectivity index (χ2n) is 6.57. The van der Waals surface area contributed by atoms with Crippen LogP contribution in [0.1, 0.15) is 18.4 Å². The van der Waals surface area contributed by atoms with Gasteiger partial charge in [-0.05, 0) is 18.4 Å². The molecule has 1 saturated heterocycles. The largest absolute Gasteiger partial charge is 0.395 e. The minimum absolute atomic E-state index is 0.134. The number of hydrogen-bond donors (Lipinski definition) is 1. The third kappa shape index (κ3) is 4.77. The molecule has 0 unspecified atom stereocenters. The lowest BCUT2D eigenvalue weighted by atomic mass is 10.2. The van der Waals surface area contributed by atoms with Crippen LogP contribution in [0, 0.1) is 0 Å². The van der Waals surface area contributed by atoms with Gasteiger partial charge in [0.2, 0.25) is 5.91 Å². The first kappa shape index (κ1) is 16.4. The summed E-state index contributed by atoms with van der Waals surface area (Å²) in [5.74, 6) is 0.213. The maximum Gasteiger partial charge on any atom is 0.236 e. The SMILES string of the molecule is O=C(CN(CCO)C1CC1)N1CCN(Cc2ccccc2)CC1. The van der Waals surface area contributed by atoms with Crippen LogP contribution in [0.15, 0.2) is 30.3 Å². The molecule has 1 N–H and O–H groups in total. The van der Waals surface area contributed by atoms with Gasteiger partial charge in [-0.3, -0.25) is 14.6 Å². The van der Waals surface area contributed by atoms with Gasteiger partial charge < -0.3 is 10.0 Å². The average molecular weight is 317 g/mol. The Morgan fingerprint density at radius 1 is 1.13 bits per heavy atom. The van der Waals surface area contributed by atoms with Crippen molar-refractivity contribution in [3.8, 4) is 0 Å². The lowest BCUT2D eigenvalue weighted by molar-refractivity contribution is -0.134. The molecule has 0 atom stereocenters. The molecule has 1 amide bonds. The third-order valence-corrected chi connectivity index (χ3v) is 4.76. The Morgan fingerprint density at radius 2 is 1.83 bits per heavy atom. The van der Waals surface area contributed by atoms with Crippen molar-refractivity contribution < 1.29 is 9.90 Å². The van der Waals surface area contributed by atoms with Crippen LogP contribution in [0.2, 0.25) is 0 Å². The van der Waals surface area contributed by atoms with Crippen LogP contribution in [0.3, 0.4) is 0 Å². The van der Waals surface area contributed by atoms with Gasteiger partial charge in [-0.25, -0.2) is 0 Å². The fourth-order valence-electron chi connectivity index (χ4n) is 3.23. The molecule has 126 valence electrons. The molecule has 3 rings (SSSR count). The van der Waals surface area contributed by atoms with Crippen molar-refractivity contribution >= 4 is 5.91 Å². The zero-order valence-corrected chi connectivity index (χ0v) is 13.7. The number of carbonyl (C=O) groups excluding carboxylic acids is 1. The summed E-state index contributed by atoms with van der Waals surface area (Å²) in [4.78, 5) is 19.0. The molecule has 0 bridgehead atoms. The molecule has 1 saturated carbocycles. The summed E-state index contributed by atoms with van der Waals surface area (Å²) >= 11 is 0. The first-order chi connectivity index (χ1) is 11.3. The number of nitrogens with zero attached hydrogens (tertiary/aromatic N) is 3. The van der Waals surface area contributed by atoms with E-state index in [1.807, 2.05) is 11.0 Å². The van der Waals surface area contributed by atoms with Crippen molar-refractivity contribution in [2.75, 3.05) is 45.9 Å². The van der Waals surface area contributed by atoms with Crippen molar-refractivity contribution in [3.63, 3.8) is 0 Å². The average Bonchev–Trinajstić information content (AvgIpc) is 3.41. The van der Waals surface area contributed by atoms with E-state index in [2.05, 4.69) is 34.1 Å². The molecular formula is C18H27N3O2. The fraction of sp³-hybridized carbons (Fsp3) is 0.611. The molecule has 1 aromatic rings. The second kappa shape index (κ2) is 7.90. The van der Waals surface area contributed by atoms with Crippen LogP contribution >= 0.6 is 0 Å². The second-order valence-corrected chi connectivity index (χ2v) is 6.57. The van der Waals surface area contributed by atoms with E-state index in [-0.39, 0.29) is 12.5 Å². The summed E-state index contributed by atoms with van der Waals surface area (Å²) in [6.07, 6.45) is 2.33. The van der Waals surface area contributed by atoms with E-state index in [0.29, 0.717) is 19.1 Å². The number of carbonyl (C=O) groups is 1. The number of aliphatic hydroxyl groups is 1. The Bertz CT molecular complexity index is 496. The third-order valence-electron chi connectivity index (χ3n) is 4.76. The van der Waals surface area contributed by atoms with Gasteiger partial charge in [0, 0.05) is 45.3 Å². The van der Waals surface area contributed by atoms with Crippen molar-refractivity contribution in [2.45, 2.75) is 25.4 Å². The zero-order chi connectivity index (χ0) is 16.1. The maximum atomic E-state index is 12.5. The number of piperazine rings is 1. The Kier molecular flexibility index (Phi) is 5.65. The summed E-state index contributed by atoms with van der Waals surface area (Å²) in [6, 6.07) is 11.0. The van der Waals surface area contributed by atoms with E-state index in [0.717, 1.165) is 45.6 Å². The quantitative estimate of drug-likeness (QED) is 0.808. The molecule has 5 heteroatoms. The monoisotopic (exact) mass is 317 g/mol. The predicted octanol–water partition coefficient (Wildman–Crippen LogP) is 0.788. The molecule has 2 fully saturated rings. The molecule has 5 nitrogen and oxygen atoms in total. The van der Waals surface area contributed by atoms with E-state index in [1.54, 1.807) is 0 Å². The number of rotatable bonds is 7. The van der Waals surface area contributed by atoms with Crippen molar-refractivity contribution in [1.82, 2.24) is 14.7 Å². The van der Waals surface area contributed by atoms with Crippen LogP contribution in [0.4, 0.5) is 0 Å². The van der Waals surface area contributed by atoms with Crippen LogP contribution in [-0.4, -0.2) is 77.6 Å². The highest BCUT2D eigenvalue weighted by molar-refractivity contribution is 5.78. The lowest BCUT2D eigenvalue weighted by Gasteiger charge is -2.36. The molecule has 2 aliphatic rings. The minimum Gasteiger partial charge on any atom is -0.395 e. The predicted molar refractivity (Wildman–Crippen MR) is 90.0 cm³/mol. The molecule has 23 heavy (non-hydrogen) atoms. The summed E-state index contributed by atoms with van der Waals surface area (Å²) in [6.45, 7) is 5.66. The molecule has 0 spiro atoms. The molecule has 1 aliphatic carbocycles. The highest BCUT2D eigenvalue weighted by Crippen LogP contribution is 2.26. The highest BCUT2D eigenvalue weighted by Gasteiger charge is 2.31. The molecule has 1 aliphatic heterocycles. The molecule has 0 aromatic heterocycles. The van der Waals surface area contributed by atoms with Gasteiger partial charge in [0.1, 0.15) is 0 Å². The summed E-state index contributed by atoms with van der Waals surface area (Å²) < 4.78 is 0. The number of hydrogen-bond acceptors (Lipinski definition) is 4. The Morgan fingerprint density at radius 3 is 2.43 bits per heavy atom. The summed E-state index contributed by atoms with van der Waals surface area (Å²) in [5.41, 5.74) is 1.33. The van der Waals surface area contributed by atoms with Crippen molar-refractivity contribution in [3.05, 3.63) is 35.9 Å². The number of aliphatic hydroxyl groups excluding tert-OH is 1. The first-order valence-electron chi connectivity index (χ1n) is 8.65. The normalized spacial score (nSPS) is 19.3. The topological polar surface area (TPSA) is 47.0 Å². The maximum absolute atomic E-state index is 12.5. The fourth-order valence-corrected chi connectivity index (χ4v) is 3.23. The number of amides is 1. The zero-order valence-electron chi connectivity index (χ0n) is 13.7. The Balaban J connectivity index is 1.43. The van der Waals surface area contributed by atoms with Gasteiger partial charge in [-0.15, -0.1) is 0 Å². The van der Waals surface area contributed by atoms with E-state index in [9.17, 15) is 4.79 Å². The van der Waals surface area contributed by atoms with Crippen molar-refractivity contribution in [1.29, 1.82) is 0 Å². The van der Waals surface area contributed by atoms with Crippen LogP contribution in [0.5, 0.6) is 0 Å². The first-order valence-corrected chi connectivity index (χ1v) is 8.65. The molecule has 0 radical (unpaired) electrons. The Hall–Kier alpha value is -1.43. The van der Waals surface area contributed by atoms with E-state index < -0.39 is 0 Å². The van der Waals surface area contributed by atoms with Crippen molar-refractivity contribution in [2.24, 2.45) is 0 Å². The smallest absolute Gasteiger partial charge is 0.236 e. The molecule has 1 aromatic carbocycles. The van der Waals surface area contributed by atoms with Crippen LogP contribution in [-0.2, 0) is 11.3 Å². The Labute approximate surface area is 138 Å². The van der Waals surface area contributed by atoms with E-state index in [4.69, 9.17) is 5.11 Å². The summed E-state index contributed by atoms with van der Waals surface area (Å²) in [5, 5.41) is 9.14. The molecular weight excluding hydrogens is 290 g/mol. The van der Waals surface area contributed by atoms with Gasteiger partial charge in [0.05, 0.1) is 13.2 Å². The summed E-state index contributed by atoms with van der Waals surface area (Å²) in [7, 11) is 0. The van der Waals surface area contributed by atoms with E-state index >= 15 is 0 Å². The van der Waals surface area contributed by atoms with Gasteiger partial charge in [0.25, 0.3) is 0 Å². The number of benzene rings is 1. The van der Waals surface area contributed by atoms with Crippen LogP contribution < -0.4 is 0 Å². The van der Waals surface area contributed by atoms with Crippen LogP contribution in [0.25, 0.3) is 0 Å². The van der Waals surface area contributed by atoms with Gasteiger partial charge in [0.15, 0.2) is 0 Å². The van der Waals surface area contributed by atoms with Gasteiger partial charge in [-0.1, -0.05) is 30.3 Å². The lowest BCUT2D eigenvalue weighted by Crippen LogP contribution is -2.51. The minimum atomic E-state index is 0.134. The van der Waals surface area contributed by atoms with Gasteiger partial charge in [-0.2, -0.15) is 0 Å². The van der Waals surface area contributed by atoms with Gasteiger partial charge >= 0.3 is 0 Å². The molecule has 1 heterocycles.